The zero-order valence-corrected chi connectivity index (χ0v) is 11.9. The van der Waals surface area contributed by atoms with Crippen molar-refractivity contribution in [1.82, 2.24) is 4.90 Å². The molecule has 0 aromatic carbocycles. The summed E-state index contributed by atoms with van der Waals surface area (Å²) >= 11 is 0. The van der Waals surface area contributed by atoms with Crippen molar-refractivity contribution < 1.29 is 37.0 Å². The number of amides is 1. The molecule has 0 aliphatic rings. The van der Waals surface area contributed by atoms with Crippen LogP contribution in [0.2, 0.25) is 0 Å². The number of halogens is 3. The number of rotatable bonds is 8. The lowest BCUT2D eigenvalue weighted by atomic mass is 10.2. The van der Waals surface area contributed by atoms with E-state index in [4.69, 9.17) is 0 Å². The lowest BCUT2D eigenvalue weighted by molar-refractivity contribution is -0.163. The molecular formula is C12H18F3NO5. The molecule has 0 heterocycles. The van der Waals surface area contributed by atoms with Gasteiger partial charge < -0.3 is 14.4 Å². The molecule has 0 fully saturated rings. The van der Waals surface area contributed by atoms with Crippen LogP contribution in [0.5, 0.6) is 0 Å². The number of alkyl halides is 3. The second-order valence-electron chi connectivity index (χ2n) is 4.06. The number of carbonyl (C=O) groups is 3. The van der Waals surface area contributed by atoms with Crippen molar-refractivity contribution in [2.45, 2.75) is 32.4 Å². The Hall–Kier alpha value is -1.80. The van der Waals surface area contributed by atoms with E-state index in [0.29, 0.717) is 4.90 Å². The third kappa shape index (κ3) is 9.69. The number of ether oxygens (including phenoxy) is 2. The Labute approximate surface area is 120 Å². The first-order valence-corrected chi connectivity index (χ1v) is 6.26. The van der Waals surface area contributed by atoms with Crippen LogP contribution in [0.3, 0.4) is 0 Å². The van der Waals surface area contributed by atoms with Crippen LogP contribution in [0.4, 0.5) is 13.2 Å². The molecule has 0 aliphatic heterocycles. The van der Waals surface area contributed by atoms with Crippen molar-refractivity contribution in [2.75, 3.05) is 26.8 Å². The zero-order chi connectivity index (χ0) is 16.5. The van der Waals surface area contributed by atoms with E-state index in [0.717, 1.165) is 7.11 Å². The Morgan fingerprint density at radius 3 is 2.14 bits per heavy atom. The molecule has 0 unspecified atom stereocenters. The summed E-state index contributed by atoms with van der Waals surface area (Å²) in [5.41, 5.74) is 0. The van der Waals surface area contributed by atoms with Gasteiger partial charge in [-0.05, 0) is 6.92 Å². The van der Waals surface area contributed by atoms with Gasteiger partial charge in [-0.15, -0.1) is 0 Å². The molecule has 0 aliphatic carbocycles. The maximum atomic E-state index is 12.4. The van der Waals surface area contributed by atoms with Crippen molar-refractivity contribution in [1.29, 1.82) is 0 Å². The van der Waals surface area contributed by atoms with Crippen LogP contribution in [0.15, 0.2) is 0 Å². The van der Waals surface area contributed by atoms with Crippen LogP contribution in [0, 0.1) is 0 Å². The number of esters is 2. The van der Waals surface area contributed by atoms with Crippen molar-refractivity contribution in [2.24, 2.45) is 0 Å². The number of hydrogen-bond donors (Lipinski definition) is 0. The summed E-state index contributed by atoms with van der Waals surface area (Å²) in [7, 11) is 1.10. The molecule has 9 heteroatoms. The minimum atomic E-state index is -4.59. The second kappa shape index (κ2) is 9.19. The van der Waals surface area contributed by atoms with Gasteiger partial charge in [0.15, 0.2) is 0 Å². The third-order valence-corrected chi connectivity index (χ3v) is 2.38. The van der Waals surface area contributed by atoms with Crippen molar-refractivity contribution >= 4 is 17.8 Å². The predicted molar refractivity (Wildman–Crippen MR) is 65.1 cm³/mol. The largest absolute Gasteiger partial charge is 0.469 e. The maximum absolute atomic E-state index is 12.4. The zero-order valence-electron chi connectivity index (χ0n) is 11.9. The molecule has 0 saturated carbocycles. The van der Waals surface area contributed by atoms with Crippen LogP contribution in [0.25, 0.3) is 0 Å². The highest BCUT2D eigenvalue weighted by Gasteiger charge is 2.33. The molecule has 0 aromatic rings. The first-order chi connectivity index (χ1) is 9.69. The van der Waals surface area contributed by atoms with Crippen LogP contribution in [-0.2, 0) is 23.9 Å². The Morgan fingerprint density at radius 2 is 1.67 bits per heavy atom. The lowest BCUT2D eigenvalue weighted by Gasteiger charge is -2.23. The van der Waals surface area contributed by atoms with Crippen LogP contribution >= 0.6 is 0 Å². The summed E-state index contributed by atoms with van der Waals surface area (Å²) < 4.78 is 46.1. The van der Waals surface area contributed by atoms with Gasteiger partial charge >= 0.3 is 18.1 Å². The summed E-state index contributed by atoms with van der Waals surface area (Å²) in [6.07, 6.45) is -5.65. The average molecular weight is 313 g/mol. The quantitative estimate of drug-likeness (QED) is 0.631. The SMILES string of the molecule is CCOC(=O)CCC(=O)N(CCC(=O)OC)CC(F)(F)F. The average Bonchev–Trinajstić information content (AvgIpc) is 2.39. The van der Waals surface area contributed by atoms with Gasteiger partial charge in [-0.2, -0.15) is 13.2 Å². The van der Waals surface area contributed by atoms with E-state index in [1.165, 1.54) is 0 Å². The first-order valence-electron chi connectivity index (χ1n) is 6.26. The summed E-state index contributed by atoms with van der Waals surface area (Å²) in [6.45, 7) is -0.201. The lowest BCUT2D eigenvalue weighted by Crippen LogP contribution is -2.40. The third-order valence-electron chi connectivity index (χ3n) is 2.38. The Balaban J connectivity index is 4.51. The molecule has 1 amide bonds. The van der Waals surface area contributed by atoms with E-state index in [-0.39, 0.29) is 19.4 Å². The van der Waals surface area contributed by atoms with Gasteiger partial charge in [0.05, 0.1) is 26.6 Å². The first kappa shape index (κ1) is 19.2. The van der Waals surface area contributed by atoms with E-state index in [9.17, 15) is 27.6 Å². The molecule has 0 saturated heterocycles. The fourth-order valence-electron chi connectivity index (χ4n) is 1.44. The molecule has 0 N–H and O–H groups in total. The van der Waals surface area contributed by atoms with Crippen LogP contribution < -0.4 is 0 Å². The highest BCUT2D eigenvalue weighted by atomic mass is 19.4. The fraction of sp³-hybridized carbons (Fsp3) is 0.750. The maximum Gasteiger partial charge on any atom is 0.406 e. The van der Waals surface area contributed by atoms with Gasteiger partial charge in [0.2, 0.25) is 5.91 Å². The molecule has 0 aromatic heterocycles. The second-order valence-corrected chi connectivity index (χ2v) is 4.06. The smallest absolute Gasteiger partial charge is 0.406 e. The van der Waals surface area contributed by atoms with Gasteiger partial charge in [-0.25, -0.2) is 0 Å². The Kier molecular flexibility index (Phi) is 8.41. The summed E-state index contributed by atoms with van der Waals surface area (Å²) in [4.78, 5) is 34.2. The molecule has 0 radical (unpaired) electrons. The topological polar surface area (TPSA) is 72.9 Å². The Bertz CT molecular complexity index is 370. The van der Waals surface area contributed by atoms with E-state index < -0.39 is 43.5 Å². The number of nitrogens with zero attached hydrogens (tertiary/aromatic N) is 1. The van der Waals surface area contributed by atoms with E-state index in [1.54, 1.807) is 6.92 Å². The summed E-state index contributed by atoms with van der Waals surface area (Å²) in [6, 6.07) is 0. The van der Waals surface area contributed by atoms with Gasteiger partial charge in [0.1, 0.15) is 6.54 Å². The fourth-order valence-corrected chi connectivity index (χ4v) is 1.44. The van der Waals surface area contributed by atoms with Crippen molar-refractivity contribution in [3.05, 3.63) is 0 Å². The van der Waals surface area contributed by atoms with Crippen LogP contribution in [0.1, 0.15) is 26.2 Å². The van der Waals surface area contributed by atoms with E-state index in [1.807, 2.05) is 0 Å². The molecule has 0 bridgehead atoms. The van der Waals surface area contributed by atoms with E-state index in [2.05, 4.69) is 9.47 Å². The monoisotopic (exact) mass is 313 g/mol. The normalized spacial score (nSPS) is 10.9. The molecule has 122 valence electrons. The minimum absolute atomic E-state index is 0.127. The molecule has 6 nitrogen and oxygen atoms in total. The molecular weight excluding hydrogens is 295 g/mol. The van der Waals surface area contributed by atoms with Crippen molar-refractivity contribution in [3.8, 4) is 0 Å². The van der Waals surface area contributed by atoms with Gasteiger partial charge in [-0.3, -0.25) is 14.4 Å². The van der Waals surface area contributed by atoms with Crippen LogP contribution in [-0.4, -0.2) is 55.7 Å². The highest BCUT2D eigenvalue weighted by molar-refractivity contribution is 5.81. The Morgan fingerprint density at radius 1 is 1.05 bits per heavy atom. The van der Waals surface area contributed by atoms with Gasteiger partial charge in [0.25, 0.3) is 0 Å². The minimum Gasteiger partial charge on any atom is -0.469 e. The number of hydrogen-bond acceptors (Lipinski definition) is 5. The molecule has 0 rings (SSSR count). The van der Waals surface area contributed by atoms with E-state index >= 15 is 0 Å². The molecule has 0 spiro atoms. The van der Waals surface area contributed by atoms with Gasteiger partial charge in [-0.1, -0.05) is 0 Å². The summed E-state index contributed by atoms with van der Waals surface area (Å²) in [5, 5.41) is 0. The molecule has 21 heavy (non-hydrogen) atoms. The predicted octanol–water partition coefficient (Wildman–Crippen LogP) is 1.28. The standard InChI is InChI=1S/C12H18F3NO5/c1-3-21-11(19)5-4-9(17)16(8-12(13,14)15)7-6-10(18)20-2/h3-8H2,1-2H3. The van der Waals surface area contributed by atoms with Gasteiger partial charge in [0, 0.05) is 13.0 Å². The van der Waals surface area contributed by atoms with Crippen molar-refractivity contribution in [3.63, 3.8) is 0 Å². The number of carbonyl (C=O) groups excluding carboxylic acids is 3. The highest BCUT2D eigenvalue weighted by Crippen LogP contribution is 2.17. The molecule has 0 atom stereocenters. The number of methoxy groups -OCH3 is 1. The summed E-state index contributed by atoms with van der Waals surface area (Å²) in [5.74, 6) is -2.25.